The van der Waals surface area contributed by atoms with Crippen molar-refractivity contribution in [1.82, 2.24) is 10.2 Å². The number of amides is 3. The largest absolute Gasteiger partial charge is 0.343 e. The van der Waals surface area contributed by atoms with E-state index in [1.807, 2.05) is 54.6 Å². The lowest BCUT2D eigenvalue weighted by molar-refractivity contribution is -0.125. The van der Waals surface area contributed by atoms with Crippen LogP contribution in [0.15, 0.2) is 83.3 Å². The molecule has 1 aliphatic rings. The van der Waals surface area contributed by atoms with Crippen LogP contribution in [0, 0.1) is 0 Å². The smallest absolute Gasteiger partial charge is 0.262 e. The van der Waals surface area contributed by atoms with Crippen LogP contribution >= 0.6 is 15.9 Å². The summed E-state index contributed by atoms with van der Waals surface area (Å²) in [6.45, 7) is 1.57. The van der Waals surface area contributed by atoms with E-state index in [1.54, 1.807) is 31.2 Å². The topological polar surface area (TPSA) is 66.5 Å². The first-order valence-electron chi connectivity index (χ1n) is 9.55. The Morgan fingerprint density at radius 2 is 1.37 bits per heavy atom. The van der Waals surface area contributed by atoms with Gasteiger partial charge >= 0.3 is 0 Å². The van der Waals surface area contributed by atoms with E-state index in [4.69, 9.17) is 0 Å². The maximum absolute atomic E-state index is 13.2. The van der Waals surface area contributed by atoms with Crippen LogP contribution in [-0.4, -0.2) is 28.7 Å². The van der Waals surface area contributed by atoms with Gasteiger partial charge in [-0.15, -0.1) is 0 Å². The van der Waals surface area contributed by atoms with Gasteiger partial charge in [-0.2, -0.15) is 0 Å². The summed E-state index contributed by atoms with van der Waals surface area (Å²) in [4.78, 5) is 39.7. The fourth-order valence-electron chi connectivity index (χ4n) is 3.64. The highest BCUT2D eigenvalue weighted by atomic mass is 79.9. The normalized spacial score (nSPS) is 14.9. The monoisotopic (exact) mass is 462 g/mol. The van der Waals surface area contributed by atoms with Crippen LogP contribution in [0.4, 0.5) is 0 Å². The molecular weight excluding hydrogens is 444 g/mol. The van der Waals surface area contributed by atoms with E-state index in [1.165, 1.54) is 0 Å². The molecule has 3 amide bonds. The first-order chi connectivity index (χ1) is 14.5. The first-order valence-corrected chi connectivity index (χ1v) is 10.3. The lowest BCUT2D eigenvalue weighted by Gasteiger charge is -2.26. The van der Waals surface area contributed by atoms with Gasteiger partial charge in [0, 0.05) is 4.47 Å². The quantitative estimate of drug-likeness (QED) is 0.573. The molecule has 1 heterocycles. The standard InChI is InChI=1S/C24H19BrN2O3/c1-15(27-23(29)17-11-5-6-12-18(17)24(27)30)22(28)26-21(16-9-3-2-4-10-16)19-13-7-8-14-20(19)25/h2-15,21H,1H3,(H,26,28)/t15-,21+/m1/s1. The van der Waals surface area contributed by atoms with Gasteiger partial charge in [-0.25, -0.2) is 0 Å². The molecule has 3 aromatic rings. The average Bonchev–Trinajstić information content (AvgIpc) is 3.03. The second kappa shape index (κ2) is 8.24. The Labute approximate surface area is 182 Å². The number of fused-ring (bicyclic) bond motifs is 1. The maximum Gasteiger partial charge on any atom is 0.262 e. The average molecular weight is 463 g/mol. The lowest BCUT2D eigenvalue weighted by atomic mass is 9.98. The highest BCUT2D eigenvalue weighted by Crippen LogP contribution is 2.29. The van der Waals surface area contributed by atoms with Crippen LogP contribution in [0.3, 0.4) is 0 Å². The summed E-state index contributed by atoms with van der Waals surface area (Å²) in [6.07, 6.45) is 0. The third kappa shape index (κ3) is 3.55. The summed E-state index contributed by atoms with van der Waals surface area (Å²) in [6, 6.07) is 22.4. The molecule has 0 unspecified atom stereocenters. The SMILES string of the molecule is C[C@H](C(=O)N[C@@H](c1ccccc1)c1ccccc1Br)N1C(=O)c2ccccc2C1=O. The zero-order valence-electron chi connectivity index (χ0n) is 16.2. The Bertz CT molecular complexity index is 1100. The number of carbonyl (C=O) groups excluding carboxylic acids is 3. The van der Waals surface area contributed by atoms with Crippen LogP contribution in [0.1, 0.15) is 44.8 Å². The fraction of sp³-hybridized carbons (Fsp3) is 0.125. The van der Waals surface area contributed by atoms with E-state index in [0.717, 1.165) is 20.5 Å². The molecule has 4 rings (SSSR count). The Balaban J connectivity index is 1.63. The predicted octanol–water partition coefficient (Wildman–Crippen LogP) is 4.34. The van der Waals surface area contributed by atoms with Gasteiger partial charge in [0.15, 0.2) is 0 Å². The third-order valence-electron chi connectivity index (χ3n) is 5.23. The number of hydrogen-bond donors (Lipinski definition) is 1. The Morgan fingerprint density at radius 1 is 0.833 bits per heavy atom. The molecule has 1 aliphatic heterocycles. The fourth-order valence-corrected chi connectivity index (χ4v) is 4.15. The Kier molecular flexibility index (Phi) is 5.50. The molecule has 0 aromatic heterocycles. The van der Waals surface area contributed by atoms with Gasteiger partial charge in [0.25, 0.3) is 11.8 Å². The molecule has 30 heavy (non-hydrogen) atoms. The summed E-state index contributed by atoms with van der Waals surface area (Å²) in [7, 11) is 0. The van der Waals surface area contributed by atoms with Crippen molar-refractivity contribution in [3.63, 3.8) is 0 Å². The number of nitrogens with zero attached hydrogens (tertiary/aromatic N) is 1. The molecule has 0 aliphatic carbocycles. The van der Waals surface area contributed by atoms with E-state index in [-0.39, 0.29) is 0 Å². The number of rotatable bonds is 5. The van der Waals surface area contributed by atoms with Gasteiger partial charge in [-0.05, 0) is 36.2 Å². The van der Waals surface area contributed by atoms with E-state index < -0.39 is 29.8 Å². The second-order valence-electron chi connectivity index (χ2n) is 7.08. The van der Waals surface area contributed by atoms with Gasteiger partial charge in [0.05, 0.1) is 17.2 Å². The molecule has 3 aromatic carbocycles. The molecule has 0 bridgehead atoms. The minimum Gasteiger partial charge on any atom is -0.343 e. The molecule has 0 radical (unpaired) electrons. The van der Waals surface area contributed by atoms with E-state index in [0.29, 0.717) is 11.1 Å². The Hall–Kier alpha value is -3.25. The van der Waals surface area contributed by atoms with Gasteiger partial charge in [-0.3, -0.25) is 19.3 Å². The van der Waals surface area contributed by atoms with Crippen molar-refractivity contribution in [1.29, 1.82) is 0 Å². The number of nitrogens with one attached hydrogen (secondary N) is 1. The van der Waals surface area contributed by atoms with E-state index in [2.05, 4.69) is 21.2 Å². The first kappa shape index (κ1) is 20.0. The molecule has 150 valence electrons. The summed E-state index contributed by atoms with van der Waals surface area (Å²) >= 11 is 3.56. The van der Waals surface area contributed by atoms with Crippen LogP contribution in [0.25, 0.3) is 0 Å². The van der Waals surface area contributed by atoms with Gasteiger partial charge in [0.1, 0.15) is 6.04 Å². The van der Waals surface area contributed by atoms with Crippen molar-refractivity contribution in [3.8, 4) is 0 Å². The number of benzene rings is 3. The molecule has 1 N–H and O–H groups in total. The summed E-state index contributed by atoms with van der Waals surface area (Å²) < 4.78 is 0.854. The van der Waals surface area contributed by atoms with Crippen molar-refractivity contribution in [2.75, 3.05) is 0 Å². The predicted molar refractivity (Wildman–Crippen MR) is 117 cm³/mol. The van der Waals surface area contributed by atoms with Gasteiger partial charge < -0.3 is 5.32 Å². The van der Waals surface area contributed by atoms with E-state index in [9.17, 15) is 14.4 Å². The lowest BCUT2D eigenvalue weighted by Crippen LogP contribution is -2.48. The molecule has 0 saturated carbocycles. The van der Waals surface area contributed by atoms with Gasteiger partial charge in [0.2, 0.25) is 5.91 Å². The molecule has 2 atom stereocenters. The minimum atomic E-state index is -0.953. The molecule has 0 spiro atoms. The maximum atomic E-state index is 13.2. The van der Waals surface area contributed by atoms with Crippen molar-refractivity contribution in [2.24, 2.45) is 0 Å². The highest BCUT2D eigenvalue weighted by Gasteiger charge is 2.41. The number of hydrogen-bond acceptors (Lipinski definition) is 3. The van der Waals surface area contributed by atoms with Crippen molar-refractivity contribution >= 4 is 33.7 Å². The Morgan fingerprint density at radius 3 is 1.97 bits per heavy atom. The van der Waals surface area contributed by atoms with Crippen LogP contribution < -0.4 is 5.32 Å². The summed E-state index contributed by atoms with van der Waals surface area (Å²) in [5.41, 5.74) is 2.43. The minimum absolute atomic E-state index is 0.326. The molecule has 0 saturated heterocycles. The summed E-state index contributed by atoms with van der Waals surface area (Å²) in [5.74, 6) is -1.31. The number of carbonyl (C=O) groups is 3. The van der Waals surface area contributed by atoms with E-state index >= 15 is 0 Å². The molecule has 6 heteroatoms. The molecule has 0 fully saturated rings. The van der Waals surface area contributed by atoms with Crippen LogP contribution in [0.5, 0.6) is 0 Å². The zero-order chi connectivity index (χ0) is 21.3. The second-order valence-corrected chi connectivity index (χ2v) is 7.93. The summed E-state index contributed by atoms with van der Waals surface area (Å²) in [5, 5.41) is 3.02. The van der Waals surface area contributed by atoms with Crippen LogP contribution in [-0.2, 0) is 4.79 Å². The van der Waals surface area contributed by atoms with Gasteiger partial charge in [-0.1, -0.05) is 76.6 Å². The molecular formula is C24H19BrN2O3. The third-order valence-corrected chi connectivity index (χ3v) is 5.95. The number of imide groups is 1. The zero-order valence-corrected chi connectivity index (χ0v) is 17.8. The van der Waals surface area contributed by atoms with Crippen molar-refractivity contribution < 1.29 is 14.4 Å². The number of halogens is 1. The highest BCUT2D eigenvalue weighted by molar-refractivity contribution is 9.10. The van der Waals surface area contributed by atoms with Crippen molar-refractivity contribution in [3.05, 3.63) is 106 Å². The van der Waals surface area contributed by atoms with Crippen molar-refractivity contribution in [2.45, 2.75) is 19.0 Å². The molecule has 5 nitrogen and oxygen atoms in total. The van der Waals surface area contributed by atoms with Crippen LogP contribution in [0.2, 0.25) is 0 Å².